The van der Waals surface area contributed by atoms with E-state index in [0.29, 0.717) is 45.4 Å². The Hall–Kier alpha value is -4.22. The predicted octanol–water partition coefficient (Wildman–Crippen LogP) is 5.25. The first-order valence-electron chi connectivity index (χ1n) is 12.2. The number of methoxy groups -OCH3 is 3. The molecule has 1 amide bonds. The van der Waals surface area contributed by atoms with Crippen molar-refractivity contribution in [2.75, 3.05) is 33.7 Å². The van der Waals surface area contributed by atoms with Gasteiger partial charge in [-0.1, -0.05) is 23.4 Å². The number of aromatic nitrogens is 3. The highest BCUT2D eigenvalue weighted by atomic mass is 35.5. The topological polar surface area (TPSA) is 109 Å². The molecule has 0 radical (unpaired) electrons. The van der Waals surface area contributed by atoms with E-state index < -0.39 is 0 Å². The van der Waals surface area contributed by atoms with Crippen LogP contribution in [0.3, 0.4) is 0 Å². The number of benzene rings is 3. The highest BCUT2D eigenvalue weighted by molar-refractivity contribution is 7.99. The average molecular weight is 582 g/mol. The van der Waals surface area contributed by atoms with Gasteiger partial charge in [0.05, 0.1) is 39.9 Å². The van der Waals surface area contributed by atoms with Crippen LogP contribution >= 0.6 is 23.4 Å². The molecule has 3 aromatic carbocycles. The zero-order valence-electron chi connectivity index (χ0n) is 22.4. The molecule has 1 N–H and O–H groups in total. The summed E-state index contributed by atoms with van der Waals surface area (Å²) < 4.78 is 23.6. The molecule has 0 aliphatic rings. The zero-order valence-corrected chi connectivity index (χ0v) is 24.0. The van der Waals surface area contributed by atoms with E-state index in [1.807, 2.05) is 47.9 Å². The summed E-state index contributed by atoms with van der Waals surface area (Å²) in [5.41, 5.74) is 4.79. The number of nitrogens with one attached hydrogen (secondary N) is 1. The molecule has 0 aliphatic heterocycles. The van der Waals surface area contributed by atoms with Gasteiger partial charge in [-0.2, -0.15) is 5.10 Å². The average Bonchev–Trinajstić information content (AvgIpc) is 3.40. The monoisotopic (exact) mass is 581 g/mol. The standard InChI is InChI=1S/C28H28ClN5O5S/c1-5-39-22-13-11-21(12-14-22)34-27(18-6-9-20(29)10-7-18)32-33-28(34)40-17-24(35)31-30-16-19-8-15-23(36-2)26(38-4)25(19)37-3/h6-16H,5,17H2,1-4H3,(H,31,35)/b30-16-. The van der Waals surface area contributed by atoms with Crippen LogP contribution in [0, 0.1) is 0 Å². The van der Waals surface area contributed by atoms with Crippen LogP contribution in [0.2, 0.25) is 5.02 Å². The molecule has 0 bridgehead atoms. The highest BCUT2D eigenvalue weighted by Crippen LogP contribution is 2.39. The van der Waals surface area contributed by atoms with Crippen LogP contribution in [0.4, 0.5) is 0 Å². The molecule has 0 saturated heterocycles. The Labute approximate surface area is 241 Å². The maximum absolute atomic E-state index is 12.7. The lowest BCUT2D eigenvalue weighted by Crippen LogP contribution is -2.20. The van der Waals surface area contributed by atoms with Crippen molar-refractivity contribution in [2.45, 2.75) is 12.1 Å². The van der Waals surface area contributed by atoms with Crippen molar-refractivity contribution < 1.29 is 23.7 Å². The Balaban J connectivity index is 1.51. The van der Waals surface area contributed by atoms with Crippen LogP contribution < -0.4 is 24.4 Å². The molecule has 0 spiro atoms. The van der Waals surface area contributed by atoms with Crippen LogP contribution in [0.25, 0.3) is 17.1 Å². The van der Waals surface area contributed by atoms with Crippen LogP contribution in [-0.2, 0) is 4.79 Å². The number of amides is 1. The highest BCUT2D eigenvalue weighted by Gasteiger charge is 2.18. The fourth-order valence-corrected chi connectivity index (χ4v) is 4.67. The lowest BCUT2D eigenvalue weighted by molar-refractivity contribution is -0.118. The quantitative estimate of drug-likeness (QED) is 0.137. The summed E-state index contributed by atoms with van der Waals surface area (Å²) in [5.74, 6) is 2.48. The summed E-state index contributed by atoms with van der Waals surface area (Å²) in [7, 11) is 4.57. The van der Waals surface area contributed by atoms with Gasteiger partial charge in [0, 0.05) is 21.8 Å². The van der Waals surface area contributed by atoms with E-state index in [0.717, 1.165) is 17.0 Å². The molecule has 0 fully saturated rings. The van der Waals surface area contributed by atoms with E-state index in [9.17, 15) is 4.79 Å². The Morgan fingerprint density at radius 3 is 2.35 bits per heavy atom. The van der Waals surface area contributed by atoms with E-state index in [1.54, 1.807) is 24.3 Å². The number of hydrazone groups is 1. The maximum atomic E-state index is 12.7. The summed E-state index contributed by atoms with van der Waals surface area (Å²) in [5, 5.41) is 14.0. The van der Waals surface area contributed by atoms with Crippen molar-refractivity contribution in [1.29, 1.82) is 0 Å². The number of hydrogen-bond acceptors (Lipinski definition) is 9. The Bertz CT molecular complexity index is 1480. The Kier molecular flexibility index (Phi) is 9.87. The third-order valence-electron chi connectivity index (χ3n) is 5.60. The maximum Gasteiger partial charge on any atom is 0.250 e. The molecule has 0 saturated carbocycles. The Morgan fingerprint density at radius 2 is 1.70 bits per heavy atom. The number of rotatable bonds is 12. The molecule has 4 rings (SSSR count). The van der Waals surface area contributed by atoms with E-state index >= 15 is 0 Å². The van der Waals surface area contributed by atoms with Crippen molar-refractivity contribution >= 4 is 35.5 Å². The molecule has 12 heteroatoms. The third kappa shape index (κ3) is 6.67. The molecule has 10 nitrogen and oxygen atoms in total. The third-order valence-corrected chi connectivity index (χ3v) is 6.78. The number of hydrogen-bond donors (Lipinski definition) is 1. The van der Waals surface area contributed by atoms with Crippen molar-refractivity contribution in [1.82, 2.24) is 20.2 Å². The fourth-order valence-electron chi connectivity index (χ4n) is 3.80. The first-order chi connectivity index (χ1) is 19.5. The second-order valence-corrected chi connectivity index (χ2v) is 9.46. The van der Waals surface area contributed by atoms with Crippen molar-refractivity contribution in [3.8, 4) is 40.1 Å². The molecule has 1 heterocycles. The first kappa shape index (κ1) is 28.8. The van der Waals surface area contributed by atoms with Gasteiger partial charge in [-0.05, 0) is 67.6 Å². The largest absolute Gasteiger partial charge is 0.494 e. The molecule has 4 aromatic rings. The zero-order chi connectivity index (χ0) is 28.5. The van der Waals surface area contributed by atoms with Gasteiger partial charge in [-0.15, -0.1) is 10.2 Å². The predicted molar refractivity (Wildman–Crippen MR) is 156 cm³/mol. The molecular formula is C28H28ClN5O5S. The summed E-state index contributed by atoms with van der Waals surface area (Å²) in [6.07, 6.45) is 1.48. The second-order valence-electron chi connectivity index (χ2n) is 8.08. The number of carbonyl (C=O) groups excluding carboxylic acids is 1. The van der Waals surface area contributed by atoms with Crippen LogP contribution in [-0.4, -0.2) is 60.6 Å². The van der Waals surface area contributed by atoms with Gasteiger partial charge < -0.3 is 18.9 Å². The van der Waals surface area contributed by atoms with Gasteiger partial charge in [-0.3, -0.25) is 9.36 Å². The summed E-state index contributed by atoms with van der Waals surface area (Å²) in [6, 6.07) is 18.4. The minimum atomic E-state index is -0.324. The summed E-state index contributed by atoms with van der Waals surface area (Å²) in [6.45, 7) is 2.50. The molecular weight excluding hydrogens is 554 g/mol. The van der Waals surface area contributed by atoms with Crippen molar-refractivity contribution in [2.24, 2.45) is 5.10 Å². The van der Waals surface area contributed by atoms with Gasteiger partial charge in [0.25, 0.3) is 5.91 Å². The van der Waals surface area contributed by atoms with Crippen LogP contribution in [0.1, 0.15) is 12.5 Å². The number of halogens is 1. The molecule has 0 unspecified atom stereocenters. The molecule has 1 aromatic heterocycles. The van der Waals surface area contributed by atoms with E-state index in [4.69, 9.17) is 30.5 Å². The van der Waals surface area contributed by atoms with Crippen molar-refractivity contribution in [3.05, 3.63) is 71.2 Å². The molecule has 40 heavy (non-hydrogen) atoms. The van der Waals surface area contributed by atoms with Gasteiger partial charge in [0.1, 0.15) is 5.75 Å². The number of thioether (sulfide) groups is 1. The van der Waals surface area contributed by atoms with Crippen LogP contribution in [0.5, 0.6) is 23.0 Å². The van der Waals surface area contributed by atoms with E-state index in [-0.39, 0.29) is 11.7 Å². The first-order valence-corrected chi connectivity index (χ1v) is 13.5. The normalized spacial score (nSPS) is 10.9. The summed E-state index contributed by atoms with van der Waals surface area (Å²) in [4.78, 5) is 12.7. The minimum absolute atomic E-state index is 0.0518. The summed E-state index contributed by atoms with van der Waals surface area (Å²) >= 11 is 7.32. The smallest absolute Gasteiger partial charge is 0.250 e. The second kappa shape index (κ2) is 13.7. The molecule has 208 valence electrons. The number of nitrogens with zero attached hydrogens (tertiary/aromatic N) is 4. The number of carbonyl (C=O) groups is 1. The number of ether oxygens (including phenoxy) is 4. The van der Waals surface area contributed by atoms with E-state index in [2.05, 4.69) is 20.7 Å². The van der Waals surface area contributed by atoms with Crippen LogP contribution in [0.15, 0.2) is 70.9 Å². The van der Waals surface area contributed by atoms with Gasteiger partial charge in [0.2, 0.25) is 5.75 Å². The van der Waals surface area contributed by atoms with E-state index in [1.165, 1.54) is 39.3 Å². The van der Waals surface area contributed by atoms with Gasteiger partial charge in [0.15, 0.2) is 22.5 Å². The fraction of sp³-hybridized carbons (Fsp3) is 0.214. The molecule has 0 atom stereocenters. The molecule has 0 aliphatic carbocycles. The lowest BCUT2D eigenvalue weighted by atomic mass is 10.2. The lowest BCUT2D eigenvalue weighted by Gasteiger charge is -2.13. The minimum Gasteiger partial charge on any atom is -0.494 e. The van der Waals surface area contributed by atoms with Gasteiger partial charge in [-0.25, -0.2) is 5.43 Å². The Morgan fingerprint density at radius 1 is 0.975 bits per heavy atom. The SMILES string of the molecule is CCOc1ccc(-n2c(SCC(=O)N/N=C\c3ccc(OC)c(OC)c3OC)nnc2-c2ccc(Cl)cc2)cc1. The van der Waals surface area contributed by atoms with Gasteiger partial charge >= 0.3 is 0 Å². The van der Waals surface area contributed by atoms with Crippen molar-refractivity contribution in [3.63, 3.8) is 0 Å².